The van der Waals surface area contributed by atoms with Gasteiger partial charge in [-0.15, -0.1) is 0 Å². The summed E-state index contributed by atoms with van der Waals surface area (Å²) < 4.78 is 10.0. The van der Waals surface area contributed by atoms with E-state index in [0.29, 0.717) is 30.9 Å². The van der Waals surface area contributed by atoms with Crippen molar-refractivity contribution in [3.63, 3.8) is 0 Å². The van der Waals surface area contributed by atoms with Crippen molar-refractivity contribution in [2.24, 2.45) is 11.8 Å². The zero-order valence-corrected chi connectivity index (χ0v) is 19.8. The van der Waals surface area contributed by atoms with Crippen LogP contribution in [0.4, 0.5) is 0 Å². The Morgan fingerprint density at radius 3 is 2.55 bits per heavy atom. The van der Waals surface area contributed by atoms with Gasteiger partial charge < -0.3 is 19.7 Å². The topological polar surface area (TPSA) is 93.1 Å². The minimum Gasteiger partial charge on any atom is -0.469 e. The van der Waals surface area contributed by atoms with Crippen molar-refractivity contribution in [2.45, 2.75) is 104 Å². The molecule has 0 fully saturated rings. The molecule has 0 aliphatic heterocycles. The third kappa shape index (κ3) is 11.0. The molecule has 0 aromatic rings. The fraction of sp³-hybridized carbons (Fsp3) is 0.760. The molecule has 0 bridgehead atoms. The molecule has 0 saturated heterocycles. The van der Waals surface area contributed by atoms with Gasteiger partial charge in [0.05, 0.1) is 19.3 Å². The van der Waals surface area contributed by atoms with E-state index in [1.165, 1.54) is 14.0 Å². The van der Waals surface area contributed by atoms with Crippen molar-refractivity contribution in [1.29, 1.82) is 0 Å². The molecule has 2 N–H and O–H groups in total. The fourth-order valence-corrected chi connectivity index (χ4v) is 4.15. The summed E-state index contributed by atoms with van der Waals surface area (Å²) in [5.41, 5.74) is 0.943. The van der Waals surface area contributed by atoms with Crippen LogP contribution >= 0.6 is 0 Å². The van der Waals surface area contributed by atoms with Crippen LogP contribution in [0.25, 0.3) is 0 Å². The number of hydrogen-bond acceptors (Lipinski definition) is 6. The Bertz CT molecular complexity index is 609. The molecule has 0 spiro atoms. The van der Waals surface area contributed by atoms with Gasteiger partial charge in [-0.05, 0) is 37.2 Å². The lowest BCUT2D eigenvalue weighted by molar-refractivity contribution is -0.140. The maximum absolute atomic E-state index is 11.5. The number of aliphatic hydroxyl groups excluding tert-OH is 2. The van der Waals surface area contributed by atoms with E-state index in [0.717, 1.165) is 56.9 Å². The van der Waals surface area contributed by atoms with E-state index >= 15 is 0 Å². The van der Waals surface area contributed by atoms with Gasteiger partial charge in [-0.2, -0.15) is 0 Å². The van der Waals surface area contributed by atoms with Crippen molar-refractivity contribution in [1.82, 2.24) is 0 Å². The number of rotatable bonds is 15. The molecule has 1 aliphatic carbocycles. The molecule has 178 valence electrons. The molecule has 0 radical (unpaired) electrons. The van der Waals surface area contributed by atoms with Crippen LogP contribution in [0.1, 0.15) is 91.4 Å². The van der Waals surface area contributed by atoms with Crippen LogP contribution in [0.3, 0.4) is 0 Å². The summed E-state index contributed by atoms with van der Waals surface area (Å²) in [6.45, 7) is 5.69. The summed E-state index contributed by atoms with van der Waals surface area (Å²) in [6, 6.07) is 0. The quantitative estimate of drug-likeness (QED) is 0.216. The van der Waals surface area contributed by atoms with Crippen LogP contribution in [0, 0.1) is 11.8 Å². The molecule has 0 unspecified atom stereocenters. The van der Waals surface area contributed by atoms with E-state index in [1.54, 1.807) is 6.08 Å². The summed E-state index contributed by atoms with van der Waals surface area (Å²) in [5, 5.41) is 21.0. The van der Waals surface area contributed by atoms with Gasteiger partial charge in [0.15, 0.2) is 0 Å². The number of unbranched alkanes of at least 4 members (excludes halogenated alkanes) is 4. The average Bonchev–Trinajstić information content (AvgIpc) is 3.00. The van der Waals surface area contributed by atoms with Crippen molar-refractivity contribution >= 4 is 11.9 Å². The predicted octanol–water partition coefficient (Wildman–Crippen LogP) is 4.83. The number of carbonyl (C=O) groups is 2. The second-order valence-electron chi connectivity index (χ2n) is 8.77. The van der Waals surface area contributed by atoms with E-state index in [-0.39, 0.29) is 17.9 Å². The lowest BCUT2D eigenvalue weighted by Gasteiger charge is -2.17. The Balaban J connectivity index is 2.67. The minimum atomic E-state index is -0.648. The molecule has 0 amide bonds. The van der Waals surface area contributed by atoms with Crippen LogP contribution in [0.15, 0.2) is 23.5 Å². The SMILES string of the molecule is CCCC[C@H](C)C[C@H](O)/C=C/[C@@H]1C(CCCCCCC(=O)OC)=C(OC(C)=O)C[C@H]1O. The monoisotopic (exact) mass is 438 g/mol. The van der Waals surface area contributed by atoms with Crippen LogP contribution in [-0.4, -0.2) is 41.5 Å². The predicted molar refractivity (Wildman–Crippen MR) is 121 cm³/mol. The van der Waals surface area contributed by atoms with Gasteiger partial charge in [0.1, 0.15) is 5.76 Å². The van der Waals surface area contributed by atoms with Crippen LogP contribution in [0.5, 0.6) is 0 Å². The summed E-state index contributed by atoms with van der Waals surface area (Å²) in [4.78, 5) is 22.7. The first-order valence-electron chi connectivity index (χ1n) is 11.8. The zero-order valence-electron chi connectivity index (χ0n) is 19.8. The van der Waals surface area contributed by atoms with Gasteiger partial charge in [-0.25, -0.2) is 0 Å². The number of methoxy groups -OCH3 is 1. The molecular formula is C25H42O6. The molecule has 0 aromatic heterocycles. The molecule has 6 heteroatoms. The summed E-state index contributed by atoms with van der Waals surface area (Å²) in [5.74, 6) is 0.198. The Labute approximate surface area is 187 Å². The molecule has 4 atom stereocenters. The molecule has 6 nitrogen and oxygen atoms in total. The maximum Gasteiger partial charge on any atom is 0.307 e. The Hall–Kier alpha value is -1.66. The number of aliphatic hydroxyl groups is 2. The molecule has 0 saturated carbocycles. The van der Waals surface area contributed by atoms with Gasteiger partial charge in [0.2, 0.25) is 0 Å². The van der Waals surface area contributed by atoms with Crippen LogP contribution in [0.2, 0.25) is 0 Å². The van der Waals surface area contributed by atoms with Crippen LogP contribution < -0.4 is 0 Å². The van der Waals surface area contributed by atoms with Crippen molar-refractivity contribution in [2.75, 3.05) is 7.11 Å². The van der Waals surface area contributed by atoms with Crippen molar-refractivity contribution in [3.05, 3.63) is 23.5 Å². The molecular weight excluding hydrogens is 396 g/mol. The van der Waals surface area contributed by atoms with Crippen molar-refractivity contribution in [3.8, 4) is 0 Å². The molecule has 0 aromatic carbocycles. The second-order valence-corrected chi connectivity index (χ2v) is 8.77. The standard InChI is InChI=1S/C25H42O6/c1-5-6-11-18(2)16-20(27)14-15-21-22(24(17-23(21)28)31-19(3)26)12-9-7-8-10-13-25(29)30-4/h14-15,18,20-21,23,27-28H,5-13,16-17H2,1-4H3/b15-14+/t18-,20+,21+,23+/m0/s1. The number of hydrogen-bond donors (Lipinski definition) is 2. The second kappa shape index (κ2) is 15.2. The number of ether oxygens (including phenoxy) is 2. The van der Waals surface area contributed by atoms with E-state index < -0.39 is 12.2 Å². The minimum absolute atomic E-state index is 0.188. The average molecular weight is 439 g/mol. The first-order chi connectivity index (χ1) is 14.8. The highest BCUT2D eigenvalue weighted by Crippen LogP contribution is 2.37. The highest BCUT2D eigenvalue weighted by Gasteiger charge is 2.33. The number of esters is 2. The van der Waals surface area contributed by atoms with Gasteiger partial charge in [0, 0.05) is 25.7 Å². The summed E-state index contributed by atoms with van der Waals surface area (Å²) in [6.07, 6.45) is 11.6. The Kier molecular flexibility index (Phi) is 13.4. The highest BCUT2D eigenvalue weighted by molar-refractivity contribution is 5.69. The number of carbonyl (C=O) groups excluding carboxylic acids is 2. The smallest absolute Gasteiger partial charge is 0.307 e. The lowest BCUT2D eigenvalue weighted by Crippen LogP contribution is -2.16. The largest absolute Gasteiger partial charge is 0.469 e. The molecule has 31 heavy (non-hydrogen) atoms. The first kappa shape index (κ1) is 27.4. The summed E-state index contributed by atoms with van der Waals surface area (Å²) in [7, 11) is 1.40. The van der Waals surface area contributed by atoms with Crippen molar-refractivity contribution < 1.29 is 29.3 Å². The Morgan fingerprint density at radius 2 is 1.90 bits per heavy atom. The lowest BCUT2D eigenvalue weighted by atomic mass is 9.92. The normalized spacial score (nSPS) is 20.8. The maximum atomic E-state index is 11.5. The third-order valence-corrected chi connectivity index (χ3v) is 5.88. The van der Waals surface area contributed by atoms with E-state index in [1.807, 2.05) is 6.08 Å². The summed E-state index contributed by atoms with van der Waals surface area (Å²) >= 11 is 0. The zero-order chi connectivity index (χ0) is 23.2. The van der Waals surface area contributed by atoms with Gasteiger partial charge in [-0.3, -0.25) is 9.59 Å². The van der Waals surface area contributed by atoms with E-state index in [2.05, 4.69) is 18.6 Å². The van der Waals surface area contributed by atoms with E-state index in [9.17, 15) is 19.8 Å². The van der Waals surface area contributed by atoms with Gasteiger partial charge in [0.25, 0.3) is 0 Å². The molecule has 1 rings (SSSR count). The fourth-order valence-electron chi connectivity index (χ4n) is 4.15. The van der Waals surface area contributed by atoms with Crippen LogP contribution in [-0.2, 0) is 19.1 Å². The van der Waals surface area contributed by atoms with Gasteiger partial charge >= 0.3 is 11.9 Å². The Morgan fingerprint density at radius 1 is 1.19 bits per heavy atom. The molecule has 1 aliphatic rings. The molecule has 0 heterocycles. The third-order valence-electron chi connectivity index (χ3n) is 5.88. The van der Waals surface area contributed by atoms with Gasteiger partial charge in [-0.1, -0.05) is 58.1 Å². The first-order valence-corrected chi connectivity index (χ1v) is 11.8. The highest BCUT2D eigenvalue weighted by atomic mass is 16.5. The van der Waals surface area contributed by atoms with E-state index in [4.69, 9.17) is 4.74 Å².